The second-order valence-electron chi connectivity index (χ2n) is 6.53. The molecule has 0 saturated carbocycles. The number of aromatic nitrogens is 1. The quantitative estimate of drug-likeness (QED) is 0.695. The summed E-state index contributed by atoms with van der Waals surface area (Å²) in [7, 11) is 0. The van der Waals surface area contributed by atoms with Crippen LogP contribution in [0.2, 0.25) is 15.2 Å². The number of nitrogens with zero attached hydrogens (tertiary/aromatic N) is 2. The Balaban J connectivity index is 1.91. The number of H-pyrrole nitrogens is 1. The van der Waals surface area contributed by atoms with Crippen molar-refractivity contribution in [1.82, 2.24) is 0 Å². The van der Waals surface area contributed by atoms with Gasteiger partial charge in [-0.1, -0.05) is 41.4 Å². The minimum atomic E-state index is -0.298. The summed E-state index contributed by atoms with van der Waals surface area (Å²) < 4.78 is 19.7. The van der Waals surface area contributed by atoms with E-state index in [1.165, 1.54) is 11.0 Å². The van der Waals surface area contributed by atoms with Crippen LogP contribution in [0.4, 0.5) is 10.2 Å². The van der Waals surface area contributed by atoms with Gasteiger partial charge < -0.3 is 9.64 Å². The first-order chi connectivity index (χ1) is 13.5. The molecule has 0 radical (unpaired) electrons. The predicted molar refractivity (Wildman–Crippen MR) is 107 cm³/mol. The number of morpholine rings is 1. The molecule has 1 aliphatic rings. The van der Waals surface area contributed by atoms with Gasteiger partial charge in [0.25, 0.3) is 5.82 Å². The van der Waals surface area contributed by atoms with Crippen LogP contribution in [-0.2, 0) is 11.3 Å². The number of benzene rings is 1. The molecule has 0 spiro atoms. The molecule has 1 aromatic heterocycles. The molecule has 9 heteroatoms. The average Bonchev–Trinajstić information content (AvgIpc) is 2.70. The number of pyridine rings is 1. The van der Waals surface area contributed by atoms with Crippen molar-refractivity contribution in [3.05, 3.63) is 56.4 Å². The SMILES string of the molecule is N#Cc1c(Cl)[nH+]c(N(CC[NH+]2CCOCC2)Cc2ccccc2F)c(Cl)c1Cl. The van der Waals surface area contributed by atoms with Crippen molar-refractivity contribution in [2.75, 3.05) is 44.3 Å². The van der Waals surface area contributed by atoms with Crippen molar-refractivity contribution < 1.29 is 19.0 Å². The van der Waals surface area contributed by atoms with Crippen LogP contribution in [0, 0.1) is 17.1 Å². The third-order valence-corrected chi connectivity index (χ3v) is 5.88. The topological polar surface area (TPSA) is 54.8 Å². The minimum Gasteiger partial charge on any atom is -0.370 e. The minimum absolute atomic E-state index is 0.0835. The van der Waals surface area contributed by atoms with Gasteiger partial charge in [-0.15, -0.1) is 0 Å². The first kappa shape index (κ1) is 21.1. The van der Waals surface area contributed by atoms with Gasteiger partial charge in [-0.25, -0.2) is 9.37 Å². The molecule has 0 aliphatic carbocycles. The van der Waals surface area contributed by atoms with E-state index >= 15 is 0 Å². The lowest BCUT2D eigenvalue weighted by Crippen LogP contribution is -3.14. The molecular formula is C19H20Cl3FN4O+2. The number of anilines is 1. The van der Waals surface area contributed by atoms with E-state index in [1.54, 1.807) is 18.2 Å². The summed E-state index contributed by atoms with van der Waals surface area (Å²) in [5, 5.41) is 9.60. The number of rotatable bonds is 6. The molecule has 3 rings (SSSR count). The fraction of sp³-hybridized carbons (Fsp3) is 0.368. The Morgan fingerprint density at radius 3 is 2.57 bits per heavy atom. The summed E-state index contributed by atoms with van der Waals surface area (Å²) >= 11 is 18.9. The van der Waals surface area contributed by atoms with Gasteiger partial charge in [-0.3, -0.25) is 4.90 Å². The first-order valence-corrected chi connectivity index (χ1v) is 10.0. The fourth-order valence-corrected chi connectivity index (χ4v) is 3.91. The molecule has 5 nitrogen and oxygen atoms in total. The number of hydrogen-bond acceptors (Lipinski definition) is 3. The monoisotopic (exact) mass is 444 g/mol. The summed E-state index contributed by atoms with van der Waals surface area (Å²) in [6, 6.07) is 8.52. The lowest BCUT2D eigenvalue weighted by Gasteiger charge is -2.26. The Labute approximate surface area is 178 Å². The van der Waals surface area contributed by atoms with E-state index in [0.29, 0.717) is 17.9 Å². The van der Waals surface area contributed by atoms with E-state index in [1.807, 2.05) is 11.0 Å². The van der Waals surface area contributed by atoms with E-state index in [9.17, 15) is 9.65 Å². The molecule has 2 aromatic rings. The second-order valence-corrected chi connectivity index (χ2v) is 7.66. The molecule has 1 fully saturated rings. The van der Waals surface area contributed by atoms with E-state index in [2.05, 4.69) is 4.98 Å². The highest BCUT2D eigenvalue weighted by molar-refractivity contribution is 6.45. The summed E-state index contributed by atoms with van der Waals surface area (Å²) in [5.41, 5.74) is 0.613. The third-order valence-electron chi connectivity index (χ3n) is 4.75. The van der Waals surface area contributed by atoms with Gasteiger partial charge in [0.15, 0.2) is 0 Å². The van der Waals surface area contributed by atoms with Gasteiger partial charge in [0.1, 0.15) is 55.2 Å². The fourth-order valence-electron chi connectivity index (χ4n) is 3.15. The number of halogens is 4. The Morgan fingerprint density at radius 1 is 1.18 bits per heavy atom. The van der Waals surface area contributed by atoms with Crippen LogP contribution >= 0.6 is 34.8 Å². The maximum absolute atomic E-state index is 14.3. The van der Waals surface area contributed by atoms with E-state index in [4.69, 9.17) is 39.5 Å². The average molecular weight is 446 g/mol. The predicted octanol–water partition coefficient (Wildman–Crippen LogP) is 2.39. The molecule has 1 aliphatic heterocycles. The lowest BCUT2D eigenvalue weighted by molar-refractivity contribution is -0.906. The molecule has 28 heavy (non-hydrogen) atoms. The lowest BCUT2D eigenvalue weighted by atomic mass is 10.2. The number of aromatic amines is 1. The smallest absolute Gasteiger partial charge is 0.296 e. The third kappa shape index (κ3) is 4.86. The molecule has 2 N–H and O–H groups in total. The van der Waals surface area contributed by atoms with Crippen molar-refractivity contribution in [2.24, 2.45) is 0 Å². The summed E-state index contributed by atoms with van der Waals surface area (Å²) in [4.78, 5) is 6.26. The van der Waals surface area contributed by atoms with Crippen LogP contribution in [0.1, 0.15) is 11.1 Å². The maximum atomic E-state index is 14.3. The van der Waals surface area contributed by atoms with Crippen molar-refractivity contribution in [3.63, 3.8) is 0 Å². The highest BCUT2D eigenvalue weighted by Gasteiger charge is 2.29. The van der Waals surface area contributed by atoms with E-state index in [-0.39, 0.29) is 33.1 Å². The molecule has 148 valence electrons. The highest BCUT2D eigenvalue weighted by Crippen LogP contribution is 2.34. The molecule has 0 unspecified atom stereocenters. The zero-order valence-corrected chi connectivity index (χ0v) is 17.3. The van der Waals surface area contributed by atoms with Crippen LogP contribution in [0.5, 0.6) is 0 Å². The van der Waals surface area contributed by atoms with Gasteiger partial charge in [-0.2, -0.15) is 5.26 Å². The number of nitrogens with one attached hydrogen (secondary N) is 2. The van der Waals surface area contributed by atoms with Gasteiger partial charge in [-0.05, 0) is 17.7 Å². The number of quaternary nitrogens is 1. The van der Waals surface area contributed by atoms with Crippen molar-refractivity contribution in [3.8, 4) is 6.07 Å². The summed E-state index contributed by atoms with van der Waals surface area (Å²) in [6.07, 6.45) is 0. The van der Waals surface area contributed by atoms with Gasteiger partial charge >= 0.3 is 0 Å². The standard InChI is InChI=1S/C19H18Cl3FN4O/c20-16-14(11-24)18(22)25-19(17(16)21)27(6-5-26-7-9-28-10-8-26)12-13-3-1-2-4-15(13)23/h1-4H,5-10,12H2/p+2. The zero-order chi connectivity index (χ0) is 20.1. The molecule has 0 bridgehead atoms. The number of hydrogen-bond donors (Lipinski definition) is 1. The van der Waals surface area contributed by atoms with Crippen molar-refractivity contribution in [1.29, 1.82) is 5.26 Å². The highest BCUT2D eigenvalue weighted by atomic mass is 35.5. The number of ether oxygens (including phenoxy) is 1. The Morgan fingerprint density at radius 2 is 1.89 bits per heavy atom. The van der Waals surface area contributed by atoms with Crippen LogP contribution in [0.15, 0.2) is 24.3 Å². The van der Waals surface area contributed by atoms with Crippen LogP contribution < -0.4 is 14.8 Å². The van der Waals surface area contributed by atoms with Crippen LogP contribution in [0.25, 0.3) is 0 Å². The van der Waals surface area contributed by atoms with E-state index < -0.39 is 0 Å². The van der Waals surface area contributed by atoms with Crippen LogP contribution in [-0.4, -0.2) is 39.4 Å². The second kappa shape index (κ2) is 9.73. The zero-order valence-electron chi connectivity index (χ0n) is 15.1. The van der Waals surface area contributed by atoms with Crippen LogP contribution in [0.3, 0.4) is 0 Å². The maximum Gasteiger partial charge on any atom is 0.296 e. The Kier molecular flexibility index (Phi) is 7.33. The molecular weight excluding hydrogens is 426 g/mol. The van der Waals surface area contributed by atoms with Crippen molar-refractivity contribution >= 4 is 40.6 Å². The normalized spacial score (nSPS) is 14.7. The summed E-state index contributed by atoms with van der Waals surface area (Å²) in [6.45, 7) is 4.98. The molecule has 0 amide bonds. The van der Waals surface area contributed by atoms with Gasteiger partial charge in [0.05, 0.1) is 18.2 Å². The Bertz CT molecular complexity index is 884. The van der Waals surface area contributed by atoms with Gasteiger partial charge in [0.2, 0.25) is 5.15 Å². The number of nitriles is 1. The molecule has 0 atom stereocenters. The van der Waals surface area contributed by atoms with Gasteiger partial charge in [0, 0.05) is 5.56 Å². The Hall–Kier alpha value is -1.62. The molecule has 1 saturated heterocycles. The largest absolute Gasteiger partial charge is 0.370 e. The first-order valence-electron chi connectivity index (χ1n) is 8.90. The van der Waals surface area contributed by atoms with Crippen molar-refractivity contribution in [2.45, 2.75) is 6.54 Å². The molecule has 1 aromatic carbocycles. The van der Waals surface area contributed by atoms with E-state index in [0.717, 1.165) is 32.8 Å². The molecule has 2 heterocycles. The summed E-state index contributed by atoms with van der Waals surface area (Å²) in [5.74, 6) is 0.166.